The van der Waals surface area contributed by atoms with Crippen molar-refractivity contribution in [3.63, 3.8) is 0 Å². The van der Waals surface area contributed by atoms with Crippen molar-refractivity contribution < 1.29 is 19.4 Å². The first-order valence-corrected chi connectivity index (χ1v) is 7.53. The smallest absolute Gasteiger partial charge is 0.338 e. The normalized spacial score (nSPS) is 11.7. The average Bonchev–Trinajstić information content (AvgIpc) is 2.53. The van der Waals surface area contributed by atoms with Crippen molar-refractivity contribution in [1.82, 2.24) is 0 Å². The van der Waals surface area contributed by atoms with Crippen LogP contribution in [-0.4, -0.2) is 21.9 Å². The van der Waals surface area contributed by atoms with E-state index in [2.05, 4.69) is 6.92 Å². The molecule has 0 radical (unpaired) electrons. The van der Waals surface area contributed by atoms with Crippen LogP contribution in [0.5, 0.6) is 0 Å². The van der Waals surface area contributed by atoms with Crippen molar-refractivity contribution in [3.8, 4) is 0 Å². The van der Waals surface area contributed by atoms with Crippen LogP contribution < -0.4 is 0 Å². The maximum atomic E-state index is 12.1. The molecule has 0 bridgehead atoms. The summed E-state index contributed by atoms with van der Waals surface area (Å²) >= 11 is 0. The second-order valence-electron chi connectivity index (χ2n) is 5.18. The number of hydrogen-bond donors (Lipinski definition) is 0. The number of nitro benzene ring substituents is 2. The fourth-order valence-corrected chi connectivity index (χ4v) is 2.11. The van der Waals surface area contributed by atoms with E-state index in [4.69, 9.17) is 4.74 Å². The molecule has 0 saturated carbocycles. The van der Waals surface area contributed by atoms with Gasteiger partial charge in [-0.25, -0.2) is 4.79 Å². The van der Waals surface area contributed by atoms with Crippen LogP contribution in [0.15, 0.2) is 18.2 Å². The van der Waals surface area contributed by atoms with Crippen LogP contribution in [0.25, 0.3) is 0 Å². The van der Waals surface area contributed by atoms with E-state index >= 15 is 0 Å². The van der Waals surface area contributed by atoms with Gasteiger partial charge in [-0.3, -0.25) is 20.2 Å². The molecule has 1 atom stereocenters. The first-order chi connectivity index (χ1) is 10.9. The Morgan fingerprint density at radius 2 is 1.65 bits per heavy atom. The summed E-state index contributed by atoms with van der Waals surface area (Å²) in [5.41, 5.74) is -1.20. The molecule has 1 aromatic carbocycles. The number of rotatable bonds is 9. The van der Waals surface area contributed by atoms with Crippen molar-refractivity contribution in [3.05, 3.63) is 44.0 Å². The van der Waals surface area contributed by atoms with Gasteiger partial charge in [0.15, 0.2) is 0 Å². The molecule has 0 spiro atoms. The highest BCUT2D eigenvalue weighted by Crippen LogP contribution is 2.24. The van der Waals surface area contributed by atoms with Crippen LogP contribution in [0.4, 0.5) is 11.4 Å². The van der Waals surface area contributed by atoms with Crippen LogP contribution in [0.3, 0.4) is 0 Å². The maximum absolute atomic E-state index is 12.1. The number of esters is 1. The van der Waals surface area contributed by atoms with E-state index in [0.29, 0.717) is 12.8 Å². The number of ether oxygens (including phenoxy) is 1. The Morgan fingerprint density at radius 3 is 2.09 bits per heavy atom. The average molecular weight is 324 g/mol. The topological polar surface area (TPSA) is 113 Å². The summed E-state index contributed by atoms with van der Waals surface area (Å²) in [6.07, 6.45) is 4.00. The Kier molecular flexibility index (Phi) is 7.11. The first-order valence-electron chi connectivity index (χ1n) is 7.53. The Morgan fingerprint density at radius 1 is 1.09 bits per heavy atom. The number of unbranched alkanes of at least 4 members (excludes halogenated alkanes) is 2. The molecular weight excluding hydrogens is 304 g/mol. The zero-order chi connectivity index (χ0) is 17.4. The summed E-state index contributed by atoms with van der Waals surface area (Å²) < 4.78 is 5.32. The molecule has 0 aliphatic rings. The lowest BCUT2D eigenvalue weighted by atomic mass is 10.1. The van der Waals surface area contributed by atoms with Crippen LogP contribution >= 0.6 is 0 Å². The predicted molar refractivity (Wildman–Crippen MR) is 83.4 cm³/mol. The Bertz CT molecular complexity index is 555. The second kappa shape index (κ2) is 8.82. The molecule has 0 fully saturated rings. The molecule has 23 heavy (non-hydrogen) atoms. The molecule has 8 heteroatoms. The number of nitro groups is 2. The zero-order valence-electron chi connectivity index (χ0n) is 13.2. The van der Waals surface area contributed by atoms with Gasteiger partial charge >= 0.3 is 5.97 Å². The number of non-ortho nitro benzene ring substituents is 2. The number of benzene rings is 1. The van der Waals surface area contributed by atoms with Gasteiger partial charge in [0, 0.05) is 12.1 Å². The van der Waals surface area contributed by atoms with Crippen molar-refractivity contribution in [2.24, 2.45) is 0 Å². The van der Waals surface area contributed by atoms with Gasteiger partial charge in [-0.15, -0.1) is 0 Å². The molecule has 0 amide bonds. The first kappa shape index (κ1) is 18.5. The zero-order valence-corrected chi connectivity index (χ0v) is 13.2. The van der Waals surface area contributed by atoms with Gasteiger partial charge in [0.1, 0.15) is 6.10 Å². The third-order valence-corrected chi connectivity index (χ3v) is 3.42. The summed E-state index contributed by atoms with van der Waals surface area (Å²) in [5, 5.41) is 21.7. The fraction of sp³-hybridized carbons (Fsp3) is 0.533. The lowest BCUT2D eigenvalue weighted by Crippen LogP contribution is -2.18. The SMILES string of the molecule is CCCCC[C@H](CC)OC(=O)c1cc([N+](=O)[O-])cc([N+](=O)[O-])c1. The summed E-state index contributed by atoms with van der Waals surface area (Å²) in [7, 11) is 0. The quantitative estimate of drug-likeness (QED) is 0.293. The third-order valence-electron chi connectivity index (χ3n) is 3.42. The highest BCUT2D eigenvalue weighted by atomic mass is 16.6. The van der Waals surface area contributed by atoms with Gasteiger partial charge in [-0.2, -0.15) is 0 Å². The molecule has 8 nitrogen and oxygen atoms in total. The number of carbonyl (C=O) groups is 1. The lowest BCUT2D eigenvalue weighted by molar-refractivity contribution is -0.394. The molecule has 0 aromatic heterocycles. The molecule has 0 heterocycles. The number of hydrogen-bond acceptors (Lipinski definition) is 6. The molecule has 0 saturated heterocycles. The van der Waals surface area contributed by atoms with Gasteiger partial charge in [-0.05, 0) is 19.3 Å². The third kappa shape index (κ3) is 5.65. The van der Waals surface area contributed by atoms with Crippen molar-refractivity contribution in [1.29, 1.82) is 0 Å². The van der Waals surface area contributed by atoms with E-state index in [9.17, 15) is 25.0 Å². The fourth-order valence-electron chi connectivity index (χ4n) is 2.11. The molecule has 0 unspecified atom stereocenters. The Hall–Kier alpha value is -2.51. The molecular formula is C15H20N2O6. The minimum atomic E-state index is -0.778. The summed E-state index contributed by atoms with van der Waals surface area (Å²) in [6, 6.07) is 2.80. The van der Waals surface area contributed by atoms with Crippen LogP contribution in [0.2, 0.25) is 0 Å². The largest absolute Gasteiger partial charge is 0.459 e. The lowest BCUT2D eigenvalue weighted by Gasteiger charge is -2.16. The highest BCUT2D eigenvalue weighted by Gasteiger charge is 2.22. The van der Waals surface area contributed by atoms with Crippen molar-refractivity contribution in [2.75, 3.05) is 0 Å². The van der Waals surface area contributed by atoms with Crippen LogP contribution in [0, 0.1) is 20.2 Å². The molecule has 0 aliphatic carbocycles. The molecule has 126 valence electrons. The molecule has 1 aromatic rings. The van der Waals surface area contributed by atoms with Gasteiger partial charge in [0.25, 0.3) is 11.4 Å². The van der Waals surface area contributed by atoms with E-state index in [1.165, 1.54) is 0 Å². The predicted octanol–water partition coefficient (Wildman–Crippen LogP) is 4.02. The summed E-state index contributed by atoms with van der Waals surface area (Å²) in [5.74, 6) is -0.778. The monoisotopic (exact) mass is 324 g/mol. The van der Waals surface area contributed by atoms with E-state index < -0.39 is 27.2 Å². The van der Waals surface area contributed by atoms with Crippen molar-refractivity contribution >= 4 is 17.3 Å². The van der Waals surface area contributed by atoms with E-state index in [1.807, 2.05) is 6.92 Å². The number of nitrogens with zero attached hydrogens (tertiary/aromatic N) is 2. The Labute approximate surface area is 133 Å². The van der Waals surface area contributed by atoms with Gasteiger partial charge in [-0.1, -0.05) is 26.7 Å². The van der Waals surface area contributed by atoms with Gasteiger partial charge in [0.2, 0.25) is 0 Å². The Balaban J connectivity index is 2.93. The van der Waals surface area contributed by atoms with E-state index in [0.717, 1.165) is 37.5 Å². The van der Waals surface area contributed by atoms with Gasteiger partial charge < -0.3 is 4.74 Å². The van der Waals surface area contributed by atoms with Gasteiger partial charge in [0.05, 0.1) is 21.5 Å². The number of carbonyl (C=O) groups excluding carboxylic acids is 1. The second-order valence-corrected chi connectivity index (χ2v) is 5.18. The molecule has 1 rings (SSSR count). The summed E-state index contributed by atoms with van der Waals surface area (Å²) in [4.78, 5) is 32.2. The summed E-state index contributed by atoms with van der Waals surface area (Å²) in [6.45, 7) is 3.94. The standard InChI is InChI=1S/C15H20N2O6/c1-3-5-6-7-14(4-2)23-15(18)11-8-12(16(19)20)10-13(9-11)17(21)22/h8-10,14H,3-7H2,1-2H3/t14-/m0/s1. The maximum Gasteiger partial charge on any atom is 0.338 e. The minimum absolute atomic E-state index is 0.181. The van der Waals surface area contributed by atoms with Crippen LogP contribution in [0.1, 0.15) is 56.3 Å². The van der Waals surface area contributed by atoms with E-state index in [1.54, 1.807) is 0 Å². The highest BCUT2D eigenvalue weighted by molar-refractivity contribution is 5.91. The minimum Gasteiger partial charge on any atom is -0.459 e. The van der Waals surface area contributed by atoms with E-state index in [-0.39, 0.29) is 11.7 Å². The van der Waals surface area contributed by atoms with Crippen molar-refractivity contribution in [2.45, 2.75) is 52.1 Å². The molecule has 0 aliphatic heterocycles. The molecule has 0 N–H and O–H groups in total. The van der Waals surface area contributed by atoms with Crippen LogP contribution in [-0.2, 0) is 4.74 Å².